The molecule has 0 aliphatic carbocycles. The second kappa shape index (κ2) is 29.1. The zero-order valence-corrected chi connectivity index (χ0v) is 58.5. The van der Waals surface area contributed by atoms with Crippen molar-refractivity contribution in [2.24, 2.45) is 10.8 Å². The summed E-state index contributed by atoms with van der Waals surface area (Å²) >= 11 is 4.90. The standard InChI is InChI=1S/C27H41N9OSSi.C11H18BBrN2O2.C11H18BN5O2.C9H15BN2O2/c1-21-17-35-24(22-15-30-34(18-22)11-8-28)16-29-26(35)27(31-21)36(20-37-12-13-39(2,3)4)25-14-23(32-38-25)19-33-9-6-5-7-10-33;1-10(2)11(3,4)17-12(16-10)9-7-14-15(8-9)6-5-13;1-10(2)11(3,4)19-12(18-10)9-7-15-17(8-9)6-5-14-16-13;1-8(2)9(3,4)14-10(13-8)7-5-11-12-6-7/h14-18H,5-13,19-20,28H2,1-4H3;7-8H,5-6H2,1-4H3;7-8H,5-6H2,1-4H3;5-6H,1-4H3,(H,11,12). The molecule has 0 saturated carbocycles. The number of nitrogens with zero attached hydrogens (tertiary/aromatic N) is 16. The van der Waals surface area contributed by atoms with Crippen molar-refractivity contribution in [3.8, 4) is 11.3 Å². The first kappa shape index (κ1) is 69.6. The van der Waals surface area contributed by atoms with Crippen LogP contribution in [0, 0.1) is 6.92 Å². The van der Waals surface area contributed by atoms with Gasteiger partial charge in [0.05, 0.1) is 76.2 Å². The van der Waals surface area contributed by atoms with E-state index in [0.717, 1.165) is 99.7 Å². The number of aromatic nitrogens is 12. The van der Waals surface area contributed by atoms with Gasteiger partial charge in [0.15, 0.2) is 11.5 Å². The smallest absolute Gasteiger partial charge is 0.399 e. The minimum absolute atomic E-state index is 0.283. The van der Waals surface area contributed by atoms with E-state index in [1.807, 2.05) is 115 Å². The number of hydrogen-bond acceptors (Lipinski definition) is 19. The van der Waals surface area contributed by atoms with Crippen LogP contribution in [0.1, 0.15) is 114 Å². The maximum Gasteiger partial charge on any atom is 0.498 e. The van der Waals surface area contributed by atoms with Crippen molar-refractivity contribution in [3.63, 3.8) is 0 Å². The highest BCUT2D eigenvalue weighted by atomic mass is 79.9. The fraction of sp³-hybridized carbons (Fsp3) is 0.638. The van der Waals surface area contributed by atoms with Crippen LogP contribution in [0.3, 0.4) is 0 Å². The minimum atomic E-state index is -1.21. The van der Waals surface area contributed by atoms with Crippen molar-refractivity contribution < 1.29 is 32.7 Å². The van der Waals surface area contributed by atoms with E-state index in [0.29, 0.717) is 32.9 Å². The van der Waals surface area contributed by atoms with E-state index >= 15 is 0 Å². The summed E-state index contributed by atoms with van der Waals surface area (Å²) in [6.45, 7) is 40.8. The summed E-state index contributed by atoms with van der Waals surface area (Å²) in [5.41, 5.74) is 19.6. The molecule has 11 heterocycles. The zero-order valence-electron chi connectivity index (χ0n) is 55.1. The predicted octanol–water partition coefficient (Wildman–Crippen LogP) is 8.53. The first-order valence-corrected chi connectivity index (χ1v) is 36.3. The fourth-order valence-corrected chi connectivity index (χ4v) is 11.6. The summed E-state index contributed by atoms with van der Waals surface area (Å²) in [6.07, 6.45) is 22.5. The predicted molar refractivity (Wildman–Crippen MR) is 358 cm³/mol. The number of anilines is 2. The Bertz CT molecular complexity index is 3380. The molecule has 4 fully saturated rings. The minimum Gasteiger partial charge on any atom is -0.399 e. The molecule has 0 radical (unpaired) electrons. The third kappa shape index (κ3) is 17.7. The number of fused-ring (bicyclic) bond motifs is 1. The third-order valence-electron chi connectivity index (χ3n) is 17.2. The molecule has 0 spiro atoms. The van der Waals surface area contributed by atoms with Gasteiger partial charge in [-0.15, -0.1) is 0 Å². The molecule has 482 valence electrons. The third-order valence-corrected chi connectivity index (χ3v) is 20.1. The van der Waals surface area contributed by atoms with Gasteiger partial charge < -0.3 is 38.4 Å². The van der Waals surface area contributed by atoms with E-state index in [2.05, 4.69) is 119 Å². The number of imidazole rings is 1. The first-order valence-electron chi connectivity index (χ1n) is 30.7. The highest BCUT2D eigenvalue weighted by Crippen LogP contribution is 2.39. The van der Waals surface area contributed by atoms with Gasteiger partial charge in [-0.2, -0.15) is 24.8 Å². The summed E-state index contributed by atoms with van der Waals surface area (Å²) in [7, 11) is -2.23. The van der Waals surface area contributed by atoms with Gasteiger partial charge >= 0.3 is 21.4 Å². The molecular formula is C58H92B3BrN18O7SSi. The Morgan fingerprint density at radius 2 is 1.29 bits per heavy atom. The van der Waals surface area contributed by atoms with Crippen LogP contribution in [0.25, 0.3) is 27.3 Å². The van der Waals surface area contributed by atoms with E-state index in [4.69, 9.17) is 58.3 Å². The maximum absolute atomic E-state index is 8.23. The average molecular weight is 1330 g/mol. The van der Waals surface area contributed by atoms with Crippen LogP contribution < -0.4 is 27.0 Å². The van der Waals surface area contributed by atoms with Crippen LogP contribution in [0.4, 0.5) is 10.8 Å². The molecule has 3 N–H and O–H groups in total. The Morgan fingerprint density at radius 1 is 0.742 bits per heavy atom. The summed E-state index contributed by atoms with van der Waals surface area (Å²) in [4.78, 5) is 17.2. The lowest BCUT2D eigenvalue weighted by molar-refractivity contribution is 0.00578. The molecule has 4 aliphatic rings. The molecule has 0 bridgehead atoms. The van der Waals surface area contributed by atoms with Crippen molar-refractivity contribution in [3.05, 3.63) is 89.9 Å². The van der Waals surface area contributed by atoms with Crippen LogP contribution in [0.15, 0.2) is 73.1 Å². The number of rotatable bonds is 20. The number of H-pyrrole nitrogens is 1. The average Bonchev–Trinajstić information content (AvgIpc) is 1.87. The summed E-state index contributed by atoms with van der Waals surface area (Å²) < 4.78 is 54.1. The molecular weight excluding hydrogens is 1230 g/mol. The van der Waals surface area contributed by atoms with E-state index in [1.54, 1.807) is 23.3 Å². The Hall–Kier alpha value is -5.27. The van der Waals surface area contributed by atoms with E-state index < -0.39 is 15.2 Å². The Labute approximate surface area is 539 Å². The topological polar surface area (TPSA) is 271 Å². The van der Waals surface area contributed by atoms with Gasteiger partial charge in [-0.3, -0.25) is 33.3 Å². The second-order valence-electron chi connectivity index (χ2n) is 27.1. The number of nitrogens with one attached hydrogen (secondary N) is 1. The summed E-state index contributed by atoms with van der Waals surface area (Å²) in [5.74, 6) is 0.775. The number of likely N-dealkylation sites (tertiary alicyclic amines) is 1. The molecule has 7 aromatic rings. The number of aromatic amines is 1. The van der Waals surface area contributed by atoms with Crippen molar-refractivity contribution >= 4 is 89.7 Å². The molecule has 4 saturated heterocycles. The normalized spacial score (nSPS) is 18.9. The number of alkyl halides is 1. The van der Waals surface area contributed by atoms with Crippen molar-refractivity contribution in [1.29, 1.82) is 0 Å². The van der Waals surface area contributed by atoms with E-state index in [-0.39, 0.29) is 47.8 Å². The number of hydrogen-bond donors (Lipinski definition) is 2. The Kier molecular flexibility index (Phi) is 22.8. The van der Waals surface area contributed by atoms with Gasteiger partial charge in [-0.05, 0) is 145 Å². The van der Waals surface area contributed by atoms with Crippen LogP contribution in [0.5, 0.6) is 0 Å². The summed E-state index contributed by atoms with van der Waals surface area (Å²) in [5, 5.41) is 24.9. The number of azide groups is 1. The SMILES string of the molecule is CC1(C)OB(c2cn[nH]c2)OC1(C)C.CC1(C)OB(c2cnn(CCBr)c2)OC1(C)C.CC1(C)OB(c2cnn(CCN=[N+]=[N-])c2)OC1(C)C.Cc1cn2c(-c3cnn(CCN)c3)cnc2c(N(COCC[Si](C)(C)C)c2cc(CN3CCCCC3)ns2)n1. The maximum atomic E-state index is 8.23. The van der Waals surface area contributed by atoms with Crippen molar-refractivity contribution in [1.82, 2.24) is 63.2 Å². The molecule has 0 aromatic carbocycles. The van der Waals surface area contributed by atoms with Gasteiger partial charge in [-0.1, -0.05) is 47.1 Å². The number of aryl methyl sites for hydroxylation is 2. The highest BCUT2D eigenvalue weighted by molar-refractivity contribution is 9.09. The number of ether oxygens (including phenoxy) is 1. The molecule has 11 rings (SSSR count). The molecule has 25 nitrogen and oxygen atoms in total. The summed E-state index contributed by atoms with van der Waals surface area (Å²) in [6, 6.07) is 3.31. The monoisotopic (exact) mass is 1320 g/mol. The van der Waals surface area contributed by atoms with Crippen LogP contribution in [-0.2, 0) is 58.8 Å². The van der Waals surface area contributed by atoms with Gasteiger partial charge in [-0.25, -0.2) is 9.97 Å². The molecule has 31 heteroatoms. The zero-order chi connectivity index (χ0) is 64.6. The molecule has 0 amide bonds. The Morgan fingerprint density at radius 3 is 1.82 bits per heavy atom. The van der Waals surface area contributed by atoms with Gasteiger partial charge in [0.2, 0.25) is 0 Å². The molecule has 7 aromatic heterocycles. The largest absolute Gasteiger partial charge is 0.498 e. The van der Waals surface area contributed by atoms with E-state index in [9.17, 15) is 0 Å². The van der Waals surface area contributed by atoms with Crippen LogP contribution >= 0.6 is 27.5 Å². The van der Waals surface area contributed by atoms with Gasteiger partial charge in [0, 0.05) is 123 Å². The van der Waals surface area contributed by atoms with Crippen molar-refractivity contribution in [2.45, 2.75) is 195 Å². The van der Waals surface area contributed by atoms with Crippen LogP contribution in [0.2, 0.25) is 25.7 Å². The lowest BCUT2D eigenvalue weighted by atomic mass is 9.82. The lowest BCUT2D eigenvalue weighted by Crippen LogP contribution is -2.41. The molecule has 89 heavy (non-hydrogen) atoms. The molecule has 0 unspecified atom stereocenters. The van der Waals surface area contributed by atoms with Crippen molar-refractivity contribution in [2.75, 3.05) is 49.7 Å². The second-order valence-corrected chi connectivity index (χ2v) is 34.3. The molecule has 0 atom stereocenters. The number of piperidine rings is 1. The lowest BCUT2D eigenvalue weighted by Gasteiger charge is -2.32. The van der Waals surface area contributed by atoms with Crippen LogP contribution in [-0.4, -0.2) is 171 Å². The first-order chi connectivity index (χ1) is 41.9. The molecule has 4 aliphatic heterocycles. The number of nitrogens with two attached hydrogens (primary N) is 1. The quantitative estimate of drug-likeness (QED) is 0.0138. The van der Waals surface area contributed by atoms with Gasteiger partial charge in [0.1, 0.15) is 11.7 Å². The fourth-order valence-electron chi connectivity index (χ4n) is 9.70. The van der Waals surface area contributed by atoms with E-state index in [1.165, 1.54) is 30.8 Å². The Balaban J connectivity index is 0.000000170. The number of halogens is 1. The highest BCUT2D eigenvalue weighted by Gasteiger charge is 2.54. The van der Waals surface area contributed by atoms with Gasteiger partial charge in [0.25, 0.3) is 0 Å².